The summed E-state index contributed by atoms with van der Waals surface area (Å²) in [5, 5.41) is 9.48. The normalized spacial score (nSPS) is 12.8. The summed E-state index contributed by atoms with van der Waals surface area (Å²) >= 11 is 3.32. The monoisotopic (exact) mass is 316 g/mol. The Morgan fingerprint density at radius 3 is 2.82 bits per heavy atom. The summed E-state index contributed by atoms with van der Waals surface area (Å²) in [5.41, 5.74) is 0.551. The summed E-state index contributed by atoms with van der Waals surface area (Å²) in [7, 11) is -1.29. The minimum atomic E-state index is -1.29. The SMILES string of the molecule is CS(=O)c1c(CC(=O)O)oc2ccc(Br)cc12. The molecule has 6 heteroatoms. The van der Waals surface area contributed by atoms with E-state index in [1.54, 1.807) is 18.2 Å². The van der Waals surface area contributed by atoms with Crippen LogP contribution in [0.2, 0.25) is 0 Å². The molecule has 2 aromatic rings. The van der Waals surface area contributed by atoms with Crippen LogP contribution >= 0.6 is 15.9 Å². The van der Waals surface area contributed by atoms with Crippen molar-refractivity contribution >= 4 is 43.7 Å². The van der Waals surface area contributed by atoms with Crippen molar-refractivity contribution in [3.63, 3.8) is 0 Å². The number of carboxylic acids is 1. The van der Waals surface area contributed by atoms with Crippen LogP contribution in [-0.2, 0) is 22.0 Å². The fourth-order valence-corrected chi connectivity index (χ4v) is 2.93. The molecular formula is C11H9BrO4S. The van der Waals surface area contributed by atoms with Crippen LogP contribution in [0.3, 0.4) is 0 Å². The largest absolute Gasteiger partial charge is 0.481 e. The quantitative estimate of drug-likeness (QED) is 0.945. The minimum Gasteiger partial charge on any atom is -0.481 e. The number of furan rings is 1. The van der Waals surface area contributed by atoms with Gasteiger partial charge in [0.15, 0.2) is 0 Å². The van der Waals surface area contributed by atoms with Crippen molar-refractivity contribution in [1.29, 1.82) is 0 Å². The summed E-state index contributed by atoms with van der Waals surface area (Å²) in [4.78, 5) is 11.2. The van der Waals surface area contributed by atoms with E-state index in [0.29, 0.717) is 15.9 Å². The van der Waals surface area contributed by atoms with Crippen LogP contribution in [0.5, 0.6) is 0 Å². The molecule has 0 radical (unpaired) electrons. The summed E-state index contributed by atoms with van der Waals surface area (Å²) in [6.07, 6.45) is 1.25. The summed E-state index contributed by atoms with van der Waals surface area (Å²) in [6.45, 7) is 0. The topological polar surface area (TPSA) is 67.5 Å². The van der Waals surface area contributed by atoms with Crippen LogP contribution in [0.4, 0.5) is 0 Å². The van der Waals surface area contributed by atoms with Crippen LogP contribution in [0.1, 0.15) is 5.76 Å². The molecule has 0 aliphatic carbocycles. The smallest absolute Gasteiger partial charge is 0.311 e. The molecule has 1 aromatic heterocycles. The second kappa shape index (κ2) is 4.62. The van der Waals surface area contributed by atoms with Gasteiger partial charge in [-0.1, -0.05) is 15.9 Å². The van der Waals surface area contributed by atoms with E-state index in [2.05, 4.69) is 15.9 Å². The first-order chi connectivity index (χ1) is 7.99. The van der Waals surface area contributed by atoms with E-state index >= 15 is 0 Å². The van der Waals surface area contributed by atoms with Crippen molar-refractivity contribution in [3.8, 4) is 0 Å². The van der Waals surface area contributed by atoms with Gasteiger partial charge in [-0.3, -0.25) is 9.00 Å². The summed E-state index contributed by atoms with van der Waals surface area (Å²) in [5.74, 6) is -0.749. The standard InChI is InChI=1S/C11H9BrO4S/c1-17(15)11-7-4-6(12)2-3-8(7)16-9(11)5-10(13)14/h2-4H,5H2,1H3,(H,13,14). The molecule has 0 saturated carbocycles. The van der Waals surface area contributed by atoms with Crippen molar-refractivity contribution in [2.75, 3.05) is 6.26 Å². The van der Waals surface area contributed by atoms with Gasteiger partial charge in [0.2, 0.25) is 0 Å². The zero-order valence-corrected chi connectivity index (χ0v) is 11.3. The third-order valence-electron chi connectivity index (χ3n) is 2.27. The lowest BCUT2D eigenvalue weighted by Gasteiger charge is -1.96. The lowest BCUT2D eigenvalue weighted by molar-refractivity contribution is -0.136. The predicted molar refractivity (Wildman–Crippen MR) is 67.6 cm³/mol. The molecule has 0 fully saturated rings. The summed E-state index contributed by atoms with van der Waals surface area (Å²) < 4.78 is 17.9. The van der Waals surface area contributed by atoms with E-state index in [0.717, 1.165) is 4.47 Å². The molecule has 0 aliphatic heterocycles. The molecule has 17 heavy (non-hydrogen) atoms. The van der Waals surface area contributed by atoms with Crippen LogP contribution in [0, 0.1) is 0 Å². The Labute approximate surface area is 108 Å². The van der Waals surface area contributed by atoms with Crippen molar-refractivity contribution in [1.82, 2.24) is 0 Å². The molecule has 4 nitrogen and oxygen atoms in total. The maximum atomic E-state index is 11.7. The molecule has 0 bridgehead atoms. The molecule has 0 spiro atoms. The number of carbonyl (C=O) groups is 1. The van der Waals surface area contributed by atoms with Gasteiger partial charge in [0, 0.05) is 16.1 Å². The Morgan fingerprint density at radius 2 is 2.24 bits per heavy atom. The Kier molecular flexibility index (Phi) is 3.35. The maximum Gasteiger partial charge on any atom is 0.311 e. The highest BCUT2D eigenvalue weighted by Crippen LogP contribution is 2.31. The van der Waals surface area contributed by atoms with Gasteiger partial charge in [-0.15, -0.1) is 0 Å². The Hall–Kier alpha value is -1.14. The van der Waals surface area contributed by atoms with E-state index < -0.39 is 16.8 Å². The number of aliphatic carboxylic acids is 1. The van der Waals surface area contributed by atoms with Gasteiger partial charge in [-0.2, -0.15) is 0 Å². The molecule has 2 rings (SSSR count). The van der Waals surface area contributed by atoms with Crippen LogP contribution < -0.4 is 0 Å². The molecule has 1 atom stereocenters. The molecule has 0 saturated heterocycles. The highest BCUT2D eigenvalue weighted by atomic mass is 79.9. The molecule has 0 aliphatic rings. The zero-order chi connectivity index (χ0) is 12.6. The average Bonchev–Trinajstić information content (AvgIpc) is 2.53. The minimum absolute atomic E-state index is 0.256. The van der Waals surface area contributed by atoms with E-state index in [-0.39, 0.29) is 12.2 Å². The van der Waals surface area contributed by atoms with Gasteiger partial charge in [0.25, 0.3) is 0 Å². The number of benzene rings is 1. The first-order valence-electron chi connectivity index (χ1n) is 4.75. The van der Waals surface area contributed by atoms with Gasteiger partial charge < -0.3 is 9.52 Å². The molecule has 0 amide bonds. The van der Waals surface area contributed by atoms with E-state index in [9.17, 15) is 9.00 Å². The summed E-state index contributed by atoms with van der Waals surface area (Å²) in [6, 6.07) is 5.29. The van der Waals surface area contributed by atoms with Crippen LogP contribution in [0.15, 0.2) is 32.0 Å². The molecule has 1 heterocycles. The van der Waals surface area contributed by atoms with Gasteiger partial charge in [-0.05, 0) is 18.2 Å². The Balaban J connectivity index is 2.71. The fourth-order valence-electron chi connectivity index (χ4n) is 1.67. The first kappa shape index (κ1) is 12.3. The number of fused-ring (bicyclic) bond motifs is 1. The number of carboxylic acid groups (broad SMARTS) is 1. The molecule has 1 unspecified atom stereocenters. The maximum absolute atomic E-state index is 11.7. The molecule has 90 valence electrons. The second-order valence-corrected chi connectivity index (χ2v) is 5.75. The zero-order valence-electron chi connectivity index (χ0n) is 8.90. The van der Waals surface area contributed by atoms with Crippen LogP contribution in [-0.4, -0.2) is 21.5 Å². The van der Waals surface area contributed by atoms with E-state index in [4.69, 9.17) is 9.52 Å². The van der Waals surface area contributed by atoms with Crippen molar-refractivity contribution in [2.45, 2.75) is 11.3 Å². The van der Waals surface area contributed by atoms with E-state index in [1.807, 2.05) is 0 Å². The Bertz CT molecular complexity index is 617. The average molecular weight is 317 g/mol. The highest BCUT2D eigenvalue weighted by Gasteiger charge is 2.19. The van der Waals surface area contributed by atoms with Crippen molar-refractivity contribution in [3.05, 3.63) is 28.4 Å². The molecule has 1 aromatic carbocycles. The Morgan fingerprint density at radius 1 is 1.53 bits per heavy atom. The third kappa shape index (κ3) is 2.42. The second-order valence-electron chi connectivity index (χ2n) is 3.52. The first-order valence-corrected chi connectivity index (χ1v) is 7.10. The van der Waals surface area contributed by atoms with Gasteiger partial charge in [-0.25, -0.2) is 0 Å². The molecule has 1 N–H and O–H groups in total. The van der Waals surface area contributed by atoms with Gasteiger partial charge in [0.1, 0.15) is 17.8 Å². The highest BCUT2D eigenvalue weighted by molar-refractivity contribution is 9.10. The lowest BCUT2D eigenvalue weighted by atomic mass is 10.2. The third-order valence-corrected chi connectivity index (χ3v) is 3.79. The van der Waals surface area contributed by atoms with Gasteiger partial charge >= 0.3 is 5.97 Å². The van der Waals surface area contributed by atoms with Gasteiger partial charge in [0.05, 0.1) is 15.7 Å². The molecular weight excluding hydrogens is 308 g/mol. The van der Waals surface area contributed by atoms with Crippen LogP contribution in [0.25, 0.3) is 11.0 Å². The number of halogens is 1. The number of hydrogen-bond donors (Lipinski definition) is 1. The lowest BCUT2D eigenvalue weighted by Crippen LogP contribution is -2.02. The van der Waals surface area contributed by atoms with E-state index in [1.165, 1.54) is 6.26 Å². The fraction of sp³-hybridized carbons (Fsp3) is 0.182. The number of hydrogen-bond acceptors (Lipinski definition) is 3. The van der Waals surface area contributed by atoms with Crippen molar-refractivity contribution in [2.24, 2.45) is 0 Å². The predicted octanol–water partition coefficient (Wildman–Crippen LogP) is 2.56. The van der Waals surface area contributed by atoms with Crippen molar-refractivity contribution < 1.29 is 18.5 Å². The number of rotatable bonds is 3.